The third-order valence-corrected chi connectivity index (χ3v) is 7.71. The van der Waals surface area contributed by atoms with Crippen molar-refractivity contribution < 1.29 is 13.2 Å². The van der Waals surface area contributed by atoms with Crippen LogP contribution in [0.1, 0.15) is 18.4 Å². The molecule has 0 saturated carbocycles. The molecule has 3 heterocycles. The summed E-state index contributed by atoms with van der Waals surface area (Å²) in [7, 11) is -2.10. The van der Waals surface area contributed by atoms with Crippen molar-refractivity contribution in [2.45, 2.75) is 30.7 Å². The maximum Gasteiger partial charge on any atom is 0.271 e. The maximum absolute atomic E-state index is 13.4. The molecular formula is C23H26N6O3S. The number of anilines is 1. The number of nitrogens with zero attached hydrogens (tertiary/aromatic N) is 4. The maximum atomic E-state index is 13.4. The van der Waals surface area contributed by atoms with Crippen LogP contribution in [0.5, 0.6) is 5.75 Å². The Bertz CT molecular complexity index is 1420. The second-order valence-electron chi connectivity index (χ2n) is 8.34. The molecule has 0 radical (unpaired) electrons. The quantitative estimate of drug-likeness (QED) is 0.449. The number of nitrogens with two attached hydrogens (primary N) is 1. The molecule has 1 aliphatic heterocycles. The van der Waals surface area contributed by atoms with E-state index in [1.165, 1.54) is 0 Å². The van der Waals surface area contributed by atoms with Crippen molar-refractivity contribution in [3.05, 3.63) is 54.2 Å². The normalized spacial score (nSPS) is 16.5. The minimum Gasteiger partial charge on any atom is -0.488 e. The number of fused-ring (bicyclic) bond motifs is 1. The number of nitrogen functional groups attached to an aromatic ring is 1. The van der Waals surface area contributed by atoms with E-state index in [1.807, 2.05) is 20.0 Å². The van der Waals surface area contributed by atoms with Crippen molar-refractivity contribution in [3.63, 3.8) is 0 Å². The van der Waals surface area contributed by atoms with Gasteiger partial charge in [-0.25, -0.2) is 17.4 Å². The van der Waals surface area contributed by atoms with Crippen molar-refractivity contribution in [3.8, 4) is 17.0 Å². The van der Waals surface area contributed by atoms with Crippen molar-refractivity contribution >= 4 is 27.0 Å². The molecule has 33 heavy (non-hydrogen) atoms. The molecule has 5 rings (SSSR count). The molecule has 2 aromatic carbocycles. The zero-order valence-electron chi connectivity index (χ0n) is 18.5. The van der Waals surface area contributed by atoms with Crippen molar-refractivity contribution in [1.29, 1.82) is 0 Å². The van der Waals surface area contributed by atoms with Crippen molar-refractivity contribution in [1.82, 2.24) is 24.1 Å². The Kier molecular flexibility index (Phi) is 5.34. The van der Waals surface area contributed by atoms with Crippen LogP contribution in [0.2, 0.25) is 0 Å². The van der Waals surface area contributed by atoms with Gasteiger partial charge in [0.05, 0.1) is 22.1 Å². The topological polar surface area (TPSA) is 117 Å². The molecule has 0 spiro atoms. The van der Waals surface area contributed by atoms with Crippen LogP contribution in [-0.4, -0.2) is 46.3 Å². The number of imidazole rings is 1. The van der Waals surface area contributed by atoms with Gasteiger partial charge in [-0.3, -0.25) is 4.68 Å². The summed E-state index contributed by atoms with van der Waals surface area (Å²) >= 11 is 0. The van der Waals surface area contributed by atoms with Crippen LogP contribution in [0.25, 0.3) is 22.3 Å². The molecule has 172 valence electrons. The van der Waals surface area contributed by atoms with Gasteiger partial charge in [-0.1, -0.05) is 23.8 Å². The molecule has 1 fully saturated rings. The van der Waals surface area contributed by atoms with Crippen LogP contribution < -0.4 is 15.8 Å². The lowest BCUT2D eigenvalue weighted by Crippen LogP contribution is -2.28. The van der Waals surface area contributed by atoms with E-state index in [4.69, 9.17) is 10.5 Å². The smallest absolute Gasteiger partial charge is 0.271 e. The molecule has 0 aliphatic carbocycles. The molecule has 10 heteroatoms. The van der Waals surface area contributed by atoms with E-state index in [0.29, 0.717) is 29.4 Å². The van der Waals surface area contributed by atoms with Gasteiger partial charge in [0.25, 0.3) is 10.0 Å². The first-order chi connectivity index (χ1) is 15.8. The fraction of sp³-hybridized carbons (Fsp3) is 0.304. The second kappa shape index (κ2) is 8.20. The molecule has 9 nitrogen and oxygen atoms in total. The Labute approximate surface area is 192 Å². The Morgan fingerprint density at radius 1 is 1.21 bits per heavy atom. The van der Waals surface area contributed by atoms with Crippen LogP contribution in [0.15, 0.2) is 53.6 Å². The van der Waals surface area contributed by atoms with Gasteiger partial charge in [-0.05, 0) is 50.6 Å². The van der Waals surface area contributed by atoms with Crippen LogP contribution >= 0.6 is 0 Å². The third kappa shape index (κ3) is 3.85. The van der Waals surface area contributed by atoms with E-state index >= 15 is 0 Å². The lowest BCUT2D eigenvalue weighted by Gasteiger charge is -2.13. The number of rotatable bonds is 6. The molecule has 2 aromatic heterocycles. The summed E-state index contributed by atoms with van der Waals surface area (Å²) in [4.78, 5) is 4.43. The number of aromatic nitrogens is 4. The zero-order chi connectivity index (χ0) is 23.2. The average molecular weight is 467 g/mol. The van der Waals surface area contributed by atoms with Crippen LogP contribution in [0, 0.1) is 6.92 Å². The van der Waals surface area contributed by atoms with E-state index in [-0.39, 0.29) is 10.8 Å². The number of ether oxygens (including phenoxy) is 1. The van der Waals surface area contributed by atoms with Gasteiger partial charge < -0.3 is 15.8 Å². The number of nitrogens with one attached hydrogen (secondary N) is 1. The molecule has 3 N–H and O–H groups in total. The molecular weight excluding hydrogens is 440 g/mol. The van der Waals surface area contributed by atoms with E-state index in [0.717, 1.165) is 40.2 Å². The third-order valence-electron chi connectivity index (χ3n) is 5.98. The first-order valence-corrected chi connectivity index (χ1v) is 12.3. The van der Waals surface area contributed by atoms with E-state index < -0.39 is 10.0 Å². The molecule has 0 bridgehead atoms. The Hall–Kier alpha value is -3.37. The van der Waals surface area contributed by atoms with Crippen LogP contribution in [0.4, 0.5) is 5.95 Å². The molecule has 0 amide bonds. The number of aryl methyl sites for hydroxylation is 2. The summed E-state index contributed by atoms with van der Waals surface area (Å²) in [6, 6.07) is 12.4. The summed E-state index contributed by atoms with van der Waals surface area (Å²) in [6.45, 7) is 3.46. The molecule has 1 saturated heterocycles. The van der Waals surface area contributed by atoms with E-state index in [1.54, 1.807) is 47.3 Å². The standard InChI is InChI=1S/C23H26N6O3S/c1-15-5-8-18(9-6-15)33(30,31)29-20-12-16(7-10-19(20)27-23(29)24)22-21(13-26-28(22)2)32-14-17-4-3-11-25-17/h5-10,12-13,17,25H,3-4,11,14H2,1-2H3,(H2,24,27)/t17-/m1/s1. The Balaban J connectivity index is 1.57. The lowest BCUT2D eigenvalue weighted by molar-refractivity contribution is 0.278. The highest BCUT2D eigenvalue weighted by Gasteiger charge is 2.24. The highest BCUT2D eigenvalue weighted by Crippen LogP contribution is 2.33. The van der Waals surface area contributed by atoms with Gasteiger partial charge in [0.2, 0.25) is 5.95 Å². The summed E-state index contributed by atoms with van der Waals surface area (Å²) in [6.07, 6.45) is 3.91. The minimum absolute atomic E-state index is 0.0866. The highest BCUT2D eigenvalue weighted by molar-refractivity contribution is 7.90. The van der Waals surface area contributed by atoms with Gasteiger partial charge in [0, 0.05) is 18.7 Å². The predicted molar refractivity (Wildman–Crippen MR) is 127 cm³/mol. The monoisotopic (exact) mass is 466 g/mol. The minimum atomic E-state index is -3.93. The number of hydrogen-bond donors (Lipinski definition) is 2. The largest absolute Gasteiger partial charge is 0.488 e. The molecule has 1 aliphatic rings. The first-order valence-electron chi connectivity index (χ1n) is 10.8. The van der Waals surface area contributed by atoms with Gasteiger partial charge in [-0.15, -0.1) is 0 Å². The van der Waals surface area contributed by atoms with E-state index in [2.05, 4.69) is 15.4 Å². The van der Waals surface area contributed by atoms with Gasteiger partial charge in [-0.2, -0.15) is 5.10 Å². The Morgan fingerprint density at radius 2 is 2.00 bits per heavy atom. The van der Waals surface area contributed by atoms with Crippen LogP contribution in [-0.2, 0) is 17.1 Å². The molecule has 0 unspecified atom stereocenters. The van der Waals surface area contributed by atoms with Crippen LogP contribution in [0.3, 0.4) is 0 Å². The van der Waals surface area contributed by atoms with Crippen molar-refractivity contribution in [2.24, 2.45) is 7.05 Å². The Morgan fingerprint density at radius 3 is 2.73 bits per heavy atom. The second-order valence-corrected chi connectivity index (χ2v) is 10.1. The molecule has 1 atom stereocenters. The number of hydrogen-bond acceptors (Lipinski definition) is 7. The number of benzene rings is 2. The lowest BCUT2D eigenvalue weighted by atomic mass is 10.1. The van der Waals surface area contributed by atoms with E-state index in [9.17, 15) is 8.42 Å². The summed E-state index contributed by atoms with van der Waals surface area (Å²) in [5, 5.41) is 7.77. The first kappa shape index (κ1) is 21.5. The summed E-state index contributed by atoms with van der Waals surface area (Å²) in [5.74, 6) is 0.558. The summed E-state index contributed by atoms with van der Waals surface area (Å²) < 4.78 is 35.7. The predicted octanol–water partition coefficient (Wildman–Crippen LogP) is 2.70. The van der Waals surface area contributed by atoms with Gasteiger partial charge >= 0.3 is 0 Å². The highest BCUT2D eigenvalue weighted by atomic mass is 32.2. The fourth-order valence-corrected chi connectivity index (χ4v) is 5.61. The summed E-state index contributed by atoms with van der Waals surface area (Å²) in [5.41, 5.74) is 9.46. The molecule has 4 aromatic rings. The zero-order valence-corrected chi connectivity index (χ0v) is 19.3. The average Bonchev–Trinajstić information content (AvgIpc) is 3.50. The fourth-order valence-electron chi connectivity index (χ4n) is 4.23. The SMILES string of the molecule is Cc1ccc(S(=O)(=O)n2c(N)nc3ccc(-c4c(OC[C@H]5CCCN5)cnn4C)cc32)cc1. The van der Waals surface area contributed by atoms with Gasteiger partial charge in [0.15, 0.2) is 5.75 Å². The van der Waals surface area contributed by atoms with Crippen molar-refractivity contribution in [2.75, 3.05) is 18.9 Å². The van der Waals surface area contributed by atoms with Gasteiger partial charge in [0.1, 0.15) is 12.3 Å².